The third kappa shape index (κ3) is 3.57. The summed E-state index contributed by atoms with van der Waals surface area (Å²) in [5.74, 6) is 0.389. The number of aromatic amines is 1. The van der Waals surface area contributed by atoms with E-state index in [2.05, 4.69) is 15.3 Å². The van der Waals surface area contributed by atoms with Crippen LogP contribution < -0.4 is 16.6 Å². The standard InChI is InChI=1S/C9H16N4O/c10-4-2-1-3-5-11-8-9(14)13-7-6-12-8/h6-7H,1-5,10H2,(H,11,12)(H,13,14). The molecule has 0 aliphatic rings. The van der Waals surface area contributed by atoms with E-state index in [-0.39, 0.29) is 5.56 Å². The SMILES string of the molecule is NCCCCCNc1ncc[nH]c1=O. The van der Waals surface area contributed by atoms with Crippen molar-refractivity contribution in [2.75, 3.05) is 18.4 Å². The first-order valence-electron chi connectivity index (χ1n) is 4.82. The first-order valence-corrected chi connectivity index (χ1v) is 4.82. The molecule has 0 spiro atoms. The van der Waals surface area contributed by atoms with Crippen LogP contribution in [0.2, 0.25) is 0 Å². The Morgan fingerprint density at radius 1 is 1.43 bits per heavy atom. The number of hydrogen-bond acceptors (Lipinski definition) is 4. The molecule has 78 valence electrons. The van der Waals surface area contributed by atoms with Crippen LogP contribution in [0.3, 0.4) is 0 Å². The highest BCUT2D eigenvalue weighted by atomic mass is 16.1. The summed E-state index contributed by atoms with van der Waals surface area (Å²) in [6.45, 7) is 1.49. The Hall–Kier alpha value is -1.36. The van der Waals surface area contributed by atoms with E-state index in [1.807, 2.05) is 0 Å². The summed E-state index contributed by atoms with van der Waals surface area (Å²) in [5, 5.41) is 2.98. The van der Waals surface area contributed by atoms with Crippen molar-refractivity contribution in [1.29, 1.82) is 0 Å². The van der Waals surface area contributed by atoms with E-state index in [0.717, 1.165) is 32.4 Å². The molecule has 0 aliphatic carbocycles. The monoisotopic (exact) mass is 196 g/mol. The molecule has 1 rings (SSSR count). The van der Waals surface area contributed by atoms with Gasteiger partial charge in [0.25, 0.3) is 5.56 Å². The van der Waals surface area contributed by atoms with Crippen LogP contribution in [-0.2, 0) is 0 Å². The van der Waals surface area contributed by atoms with E-state index in [1.165, 1.54) is 6.20 Å². The zero-order valence-electron chi connectivity index (χ0n) is 8.12. The summed E-state index contributed by atoms with van der Waals surface area (Å²) in [5.41, 5.74) is 5.18. The predicted molar refractivity (Wildman–Crippen MR) is 56.3 cm³/mol. The quantitative estimate of drug-likeness (QED) is 0.572. The number of aromatic nitrogens is 2. The fourth-order valence-electron chi connectivity index (χ4n) is 1.13. The Balaban J connectivity index is 2.25. The van der Waals surface area contributed by atoms with Gasteiger partial charge in [-0.25, -0.2) is 4.98 Å². The number of nitrogens with one attached hydrogen (secondary N) is 2. The predicted octanol–water partition coefficient (Wildman–Crippen LogP) is 0.311. The van der Waals surface area contributed by atoms with Gasteiger partial charge in [0.05, 0.1) is 0 Å². The van der Waals surface area contributed by atoms with Gasteiger partial charge < -0.3 is 16.0 Å². The molecular formula is C9H16N4O. The smallest absolute Gasteiger partial charge is 0.290 e. The maximum Gasteiger partial charge on any atom is 0.290 e. The molecule has 0 saturated heterocycles. The molecule has 0 amide bonds. The second-order valence-corrected chi connectivity index (χ2v) is 3.04. The Labute approximate surface area is 82.7 Å². The third-order valence-corrected chi connectivity index (χ3v) is 1.88. The van der Waals surface area contributed by atoms with Gasteiger partial charge in [0, 0.05) is 18.9 Å². The molecule has 0 aliphatic heterocycles. The number of anilines is 1. The Morgan fingerprint density at radius 2 is 2.29 bits per heavy atom. The van der Waals surface area contributed by atoms with Gasteiger partial charge in [0.2, 0.25) is 0 Å². The average molecular weight is 196 g/mol. The second-order valence-electron chi connectivity index (χ2n) is 3.04. The van der Waals surface area contributed by atoms with Gasteiger partial charge in [-0.1, -0.05) is 6.42 Å². The lowest BCUT2D eigenvalue weighted by molar-refractivity contribution is 0.706. The van der Waals surface area contributed by atoms with Gasteiger partial charge in [-0.15, -0.1) is 0 Å². The molecule has 14 heavy (non-hydrogen) atoms. The lowest BCUT2D eigenvalue weighted by Gasteiger charge is -2.02. The van der Waals surface area contributed by atoms with Crippen LogP contribution in [0.15, 0.2) is 17.2 Å². The van der Waals surface area contributed by atoms with Crippen molar-refractivity contribution in [1.82, 2.24) is 9.97 Å². The van der Waals surface area contributed by atoms with E-state index in [9.17, 15) is 4.79 Å². The minimum Gasteiger partial charge on any atom is -0.365 e. The number of rotatable bonds is 6. The van der Waals surface area contributed by atoms with Crippen molar-refractivity contribution in [2.45, 2.75) is 19.3 Å². The maximum absolute atomic E-state index is 11.1. The molecule has 1 aromatic heterocycles. The van der Waals surface area contributed by atoms with E-state index in [1.54, 1.807) is 6.20 Å². The highest BCUT2D eigenvalue weighted by Crippen LogP contribution is 1.95. The fourth-order valence-corrected chi connectivity index (χ4v) is 1.13. The Bertz CT molecular complexity index is 310. The minimum absolute atomic E-state index is 0.175. The summed E-state index contributed by atoms with van der Waals surface area (Å²) in [4.78, 5) is 17.6. The molecule has 5 heteroatoms. The van der Waals surface area contributed by atoms with E-state index >= 15 is 0 Å². The second kappa shape index (κ2) is 6.15. The van der Waals surface area contributed by atoms with Crippen LogP contribution in [0, 0.1) is 0 Å². The Kier molecular flexibility index (Phi) is 4.71. The summed E-state index contributed by atoms with van der Waals surface area (Å²) in [6, 6.07) is 0. The molecule has 0 unspecified atom stereocenters. The molecular weight excluding hydrogens is 180 g/mol. The molecule has 0 fully saturated rings. The zero-order chi connectivity index (χ0) is 10.2. The van der Waals surface area contributed by atoms with Crippen LogP contribution in [0.1, 0.15) is 19.3 Å². The van der Waals surface area contributed by atoms with Crippen molar-refractivity contribution < 1.29 is 0 Å². The number of nitrogens with zero attached hydrogens (tertiary/aromatic N) is 1. The number of nitrogens with two attached hydrogens (primary N) is 1. The van der Waals surface area contributed by atoms with Crippen molar-refractivity contribution in [3.63, 3.8) is 0 Å². The largest absolute Gasteiger partial charge is 0.365 e. The molecule has 0 radical (unpaired) electrons. The molecule has 0 atom stereocenters. The van der Waals surface area contributed by atoms with E-state index < -0.39 is 0 Å². The number of unbranched alkanes of at least 4 members (excludes halogenated alkanes) is 2. The first kappa shape index (κ1) is 10.7. The fraction of sp³-hybridized carbons (Fsp3) is 0.556. The molecule has 0 saturated carbocycles. The average Bonchev–Trinajstić information content (AvgIpc) is 2.20. The highest BCUT2D eigenvalue weighted by molar-refractivity contribution is 5.29. The minimum atomic E-state index is -0.175. The first-order chi connectivity index (χ1) is 6.84. The summed E-state index contributed by atoms with van der Waals surface area (Å²) >= 11 is 0. The molecule has 1 aromatic rings. The van der Waals surface area contributed by atoms with Gasteiger partial charge in [-0.3, -0.25) is 4.79 Å². The van der Waals surface area contributed by atoms with Crippen molar-refractivity contribution in [3.05, 3.63) is 22.7 Å². The van der Waals surface area contributed by atoms with Gasteiger partial charge in [-0.2, -0.15) is 0 Å². The van der Waals surface area contributed by atoms with Crippen molar-refractivity contribution >= 4 is 5.82 Å². The molecule has 0 aromatic carbocycles. The molecule has 4 N–H and O–H groups in total. The topological polar surface area (TPSA) is 83.8 Å². The number of hydrogen-bond donors (Lipinski definition) is 3. The van der Waals surface area contributed by atoms with Crippen LogP contribution in [0.4, 0.5) is 5.82 Å². The summed E-state index contributed by atoms with van der Waals surface area (Å²) in [7, 11) is 0. The molecule has 5 nitrogen and oxygen atoms in total. The van der Waals surface area contributed by atoms with E-state index in [0.29, 0.717) is 5.82 Å². The lowest BCUT2D eigenvalue weighted by atomic mass is 10.2. The third-order valence-electron chi connectivity index (χ3n) is 1.88. The van der Waals surface area contributed by atoms with E-state index in [4.69, 9.17) is 5.73 Å². The Morgan fingerprint density at radius 3 is 3.00 bits per heavy atom. The van der Waals surface area contributed by atoms with Gasteiger partial charge in [0.1, 0.15) is 0 Å². The van der Waals surface area contributed by atoms with Gasteiger partial charge >= 0.3 is 0 Å². The normalized spacial score (nSPS) is 10.1. The van der Waals surface area contributed by atoms with Crippen LogP contribution in [-0.4, -0.2) is 23.1 Å². The number of H-pyrrole nitrogens is 1. The van der Waals surface area contributed by atoms with Gasteiger partial charge in [0.15, 0.2) is 5.82 Å². The van der Waals surface area contributed by atoms with Crippen molar-refractivity contribution in [3.8, 4) is 0 Å². The molecule has 1 heterocycles. The van der Waals surface area contributed by atoms with Crippen LogP contribution in [0.5, 0.6) is 0 Å². The van der Waals surface area contributed by atoms with Crippen molar-refractivity contribution in [2.24, 2.45) is 5.73 Å². The molecule has 0 bridgehead atoms. The van der Waals surface area contributed by atoms with Crippen LogP contribution in [0.25, 0.3) is 0 Å². The summed E-state index contributed by atoms with van der Waals surface area (Å²) < 4.78 is 0. The summed E-state index contributed by atoms with van der Waals surface area (Å²) in [6.07, 6.45) is 6.19. The zero-order valence-corrected chi connectivity index (χ0v) is 8.12. The maximum atomic E-state index is 11.1. The lowest BCUT2D eigenvalue weighted by Crippen LogP contribution is -2.16. The van der Waals surface area contributed by atoms with Gasteiger partial charge in [-0.05, 0) is 19.4 Å². The van der Waals surface area contributed by atoms with Crippen LogP contribution >= 0.6 is 0 Å². The highest BCUT2D eigenvalue weighted by Gasteiger charge is 1.96.